The van der Waals surface area contributed by atoms with E-state index in [0.717, 1.165) is 63.9 Å². The van der Waals surface area contributed by atoms with Crippen LogP contribution in [0.1, 0.15) is 22.3 Å². The molecule has 0 radical (unpaired) electrons. The minimum Gasteiger partial charge on any atom is -0.496 e. The van der Waals surface area contributed by atoms with E-state index in [1.54, 1.807) is 7.11 Å². The largest absolute Gasteiger partial charge is 0.496 e. The number of piperazine rings is 1. The maximum Gasteiger partial charge on any atom is 0.191 e. The molecule has 2 aromatic carbocycles. The van der Waals surface area contributed by atoms with Gasteiger partial charge in [-0.1, -0.05) is 42.0 Å². The zero-order valence-corrected chi connectivity index (χ0v) is 19.4. The highest BCUT2D eigenvalue weighted by Crippen LogP contribution is 2.19. The van der Waals surface area contributed by atoms with Crippen molar-refractivity contribution >= 4 is 5.96 Å². The molecule has 3 rings (SSSR count). The number of ether oxygens (including phenoxy) is 1. The normalized spacial score (nSPS) is 15.7. The van der Waals surface area contributed by atoms with Crippen LogP contribution in [0.5, 0.6) is 5.75 Å². The van der Waals surface area contributed by atoms with E-state index in [9.17, 15) is 0 Å². The molecule has 1 fully saturated rings. The Labute approximate surface area is 187 Å². The van der Waals surface area contributed by atoms with Gasteiger partial charge >= 0.3 is 0 Å². The number of aliphatic imine (C=N–C) groups is 1. The first-order valence-corrected chi connectivity index (χ1v) is 11.1. The molecule has 0 unspecified atom stereocenters. The molecule has 0 atom stereocenters. The van der Waals surface area contributed by atoms with E-state index in [-0.39, 0.29) is 0 Å². The smallest absolute Gasteiger partial charge is 0.191 e. The number of benzene rings is 2. The molecule has 0 aliphatic carbocycles. The Kier molecular flexibility index (Phi) is 8.74. The number of aryl methyl sites for hydroxylation is 1. The summed E-state index contributed by atoms with van der Waals surface area (Å²) in [5, 5.41) is 6.81. The van der Waals surface area contributed by atoms with E-state index in [0.29, 0.717) is 0 Å². The first kappa shape index (κ1) is 23.1. The Morgan fingerprint density at radius 2 is 1.71 bits per heavy atom. The molecule has 1 saturated heterocycles. The Morgan fingerprint density at radius 1 is 1.00 bits per heavy atom. The van der Waals surface area contributed by atoms with Crippen LogP contribution in [0.3, 0.4) is 0 Å². The maximum atomic E-state index is 5.47. The standard InChI is InChI=1S/C25H37N5O/c1-20-5-10-24(31-4)23(17-20)11-12-27-25(26-2)28-18-21-6-8-22(9-7-21)19-30-15-13-29(3)14-16-30/h5-10,17H,11-16,18-19H2,1-4H3,(H2,26,27,28). The van der Waals surface area contributed by atoms with Crippen molar-refractivity contribution in [3.8, 4) is 5.75 Å². The number of likely N-dealkylation sites (N-methyl/N-ethyl adjacent to an activating group) is 1. The van der Waals surface area contributed by atoms with Gasteiger partial charge < -0.3 is 20.3 Å². The van der Waals surface area contributed by atoms with Crippen molar-refractivity contribution in [3.63, 3.8) is 0 Å². The summed E-state index contributed by atoms with van der Waals surface area (Å²) < 4.78 is 5.47. The van der Waals surface area contributed by atoms with E-state index < -0.39 is 0 Å². The molecule has 168 valence electrons. The summed E-state index contributed by atoms with van der Waals surface area (Å²) in [5.41, 5.74) is 5.09. The highest BCUT2D eigenvalue weighted by molar-refractivity contribution is 5.79. The highest BCUT2D eigenvalue weighted by Gasteiger charge is 2.13. The van der Waals surface area contributed by atoms with Crippen molar-refractivity contribution < 1.29 is 4.74 Å². The first-order chi connectivity index (χ1) is 15.1. The average Bonchev–Trinajstić information content (AvgIpc) is 2.79. The molecule has 1 aliphatic heterocycles. The first-order valence-electron chi connectivity index (χ1n) is 11.1. The lowest BCUT2D eigenvalue weighted by molar-refractivity contribution is 0.148. The van der Waals surface area contributed by atoms with Crippen LogP contribution in [-0.2, 0) is 19.5 Å². The fourth-order valence-corrected chi connectivity index (χ4v) is 3.85. The third-order valence-electron chi connectivity index (χ3n) is 5.83. The third kappa shape index (κ3) is 7.26. The van der Waals surface area contributed by atoms with E-state index in [1.165, 1.54) is 22.3 Å². The number of rotatable bonds is 8. The molecule has 2 N–H and O–H groups in total. The highest BCUT2D eigenvalue weighted by atomic mass is 16.5. The Morgan fingerprint density at radius 3 is 2.39 bits per heavy atom. The molecule has 0 amide bonds. The van der Waals surface area contributed by atoms with Crippen molar-refractivity contribution in [3.05, 3.63) is 64.7 Å². The van der Waals surface area contributed by atoms with Crippen LogP contribution in [0.2, 0.25) is 0 Å². The fourth-order valence-electron chi connectivity index (χ4n) is 3.85. The second kappa shape index (κ2) is 11.7. The third-order valence-corrected chi connectivity index (χ3v) is 5.83. The summed E-state index contributed by atoms with van der Waals surface area (Å²) in [6.45, 7) is 9.30. The molecule has 0 spiro atoms. The molecule has 0 saturated carbocycles. The summed E-state index contributed by atoms with van der Waals surface area (Å²) in [6, 6.07) is 15.2. The van der Waals surface area contributed by atoms with Gasteiger partial charge in [-0.25, -0.2) is 0 Å². The SMILES string of the molecule is CN=C(NCCc1cc(C)ccc1OC)NCc1ccc(CN2CCN(C)CC2)cc1. The number of hydrogen-bond donors (Lipinski definition) is 2. The molecule has 0 aromatic heterocycles. The molecule has 1 heterocycles. The molecule has 2 aromatic rings. The van der Waals surface area contributed by atoms with Crippen molar-refractivity contribution in [2.24, 2.45) is 4.99 Å². The number of methoxy groups -OCH3 is 1. The molecule has 1 aliphatic rings. The van der Waals surface area contributed by atoms with Crippen LogP contribution in [0, 0.1) is 6.92 Å². The minimum atomic E-state index is 0.752. The topological polar surface area (TPSA) is 52.1 Å². The zero-order chi connectivity index (χ0) is 22.1. The van der Waals surface area contributed by atoms with Gasteiger partial charge in [0.1, 0.15) is 5.75 Å². The molecule has 31 heavy (non-hydrogen) atoms. The van der Waals surface area contributed by atoms with Crippen LogP contribution in [0.15, 0.2) is 47.5 Å². The number of nitrogens with zero attached hydrogens (tertiary/aromatic N) is 3. The monoisotopic (exact) mass is 423 g/mol. The summed E-state index contributed by atoms with van der Waals surface area (Å²) >= 11 is 0. The van der Waals surface area contributed by atoms with Crippen LogP contribution in [0.4, 0.5) is 0 Å². The zero-order valence-electron chi connectivity index (χ0n) is 19.4. The van der Waals surface area contributed by atoms with Gasteiger partial charge in [-0.3, -0.25) is 9.89 Å². The van der Waals surface area contributed by atoms with E-state index in [2.05, 4.69) is 75.8 Å². The maximum absolute atomic E-state index is 5.47. The summed E-state index contributed by atoms with van der Waals surface area (Å²) in [7, 11) is 5.72. The van der Waals surface area contributed by atoms with Crippen LogP contribution in [0.25, 0.3) is 0 Å². The van der Waals surface area contributed by atoms with Gasteiger partial charge in [-0.15, -0.1) is 0 Å². The second-order valence-corrected chi connectivity index (χ2v) is 8.31. The molecule has 0 bridgehead atoms. The van der Waals surface area contributed by atoms with Crippen molar-refractivity contribution in [2.75, 3.05) is 53.9 Å². The second-order valence-electron chi connectivity index (χ2n) is 8.31. The van der Waals surface area contributed by atoms with Gasteiger partial charge in [-0.2, -0.15) is 0 Å². The van der Waals surface area contributed by atoms with Gasteiger partial charge in [0, 0.05) is 52.9 Å². The molecule has 6 nitrogen and oxygen atoms in total. The lowest BCUT2D eigenvalue weighted by atomic mass is 10.1. The van der Waals surface area contributed by atoms with Gasteiger partial charge in [-0.05, 0) is 43.1 Å². The lowest BCUT2D eigenvalue weighted by Gasteiger charge is -2.32. The molecule has 6 heteroatoms. The van der Waals surface area contributed by atoms with Gasteiger partial charge in [0.2, 0.25) is 0 Å². The van der Waals surface area contributed by atoms with E-state index >= 15 is 0 Å². The van der Waals surface area contributed by atoms with E-state index in [4.69, 9.17) is 4.74 Å². The number of hydrogen-bond acceptors (Lipinski definition) is 4. The molecular weight excluding hydrogens is 386 g/mol. The van der Waals surface area contributed by atoms with Crippen LogP contribution >= 0.6 is 0 Å². The van der Waals surface area contributed by atoms with Crippen LogP contribution < -0.4 is 15.4 Å². The van der Waals surface area contributed by atoms with Gasteiger partial charge in [0.15, 0.2) is 5.96 Å². The lowest BCUT2D eigenvalue weighted by Crippen LogP contribution is -2.43. The number of guanidine groups is 1. The molecular formula is C25H37N5O. The van der Waals surface area contributed by atoms with Crippen molar-refractivity contribution in [2.45, 2.75) is 26.4 Å². The predicted octanol–water partition coefficient (Wildman–Crippen LogP) is 2.66. The van der Waals surface area contributed by atoms with Gasteiger partial charge in [0.25, 0.3) is 0 Å². The predicted molar refractivity (Wildman–Crippen MR) is 129 cm³/mol. The van der Waals surface area contributed by atoms with Crippen molar-refractivity contribution in [1.82, 2.24) is 20.4 Å². The Hall–Kier alpha value is -2.57. The Balaban J connectivity index is 1.42. The Bertz CT molecular complexity index is 841. The van der Waals surface area contributed by atoms with Crippen LogP contribution in [-0.4, -0.2) is 69.7 Å². The van der Waals surface area contributed by atoms with Crippen molar-refractivity contribution in [1.29, 1.82) is 0 Å². The average molecular weight is 424 g/mol. The quantitative estimate of drug-likeness (QED) is 0.505. The summed E-state index contributed by atoms with van der Waals surface area (Å²) in [6.07, 6.45) is 0.881. The van der Waals surface area contributed by atoms with Gasteiger partial charge in [0.05, 0.1) is 7.11 Å². The summed E-state index contributed by atoms with van der Waals surface area (Å²) in [5.74, 6) is 1.75. The fraction of sp³-hybridized carbons (Fsp3) is 0.480. The minimum absolute atomic E-state index is 0.752. The summed E-state index contributed by atoms with van der Waals surface area (Å²) in [4.78, 5) is 9.27. The van der Waals surface area contributed by atoms with E-state index in [1.807, 2.05) is 13.1 Å². The number of nitrogens with one attached hydrogen (secondary N) is 2.